The van der Waals surface area contributed by atoms with Crippen molar-refractivity contribution in [2.24, 2.45) is 0 Å². The molecule has 0 radical (unpaired) electrons. The Bertz CT molecular complexity index is 605. The van der Waals surface area contributed by atoms with Gasteiger partial charge in [0.05, 0.1) is 17.3 Å². The molecule has 21 heavy (non-hydrogen) atoms. The molecule has 0 aliphatic rings. The van der Waals surface area contributed by atoms with Gasteiger partial charge in [0.1, 0.15) is 5.01 Å². The summed E-state index contributed by atoms with van der Waals surface area (Å²) in [6, 6.07) is 7.79. The molecule has 1 aromatic heterocycles. The van der Waals surface area contributed by atoms with Crippen molar-refractivity contribution in [1.29, 1.82) is 0 Å². The van der Waals surface area contributed by atoms with Crippen molar-refractivity contribution in [3.63, 3.8) is 0 Å². The van der Waals surface area contributed by atoms with Gasteiger partial charge in [-0.3, -0.25) is 0 Å². The van der Waals surface area contributed by atoms with Gasteiger partial charge in [-0.15, -0.1) is 11.3 Å². The average Bonchev–Trinajstić information content (AvgIpc) is 2.80. The Morgan fingerprint density at radius 3 is 2.62 bits per heavy atom. The highest BCUT2D eigenvalue weighted by Crippen LogP contribution is 2.33. The van der Waals surface area contributed by atoms with Crippen LogP contribution in [-0.4, -0.2) is 17.6 Å². The van der Waals surface area contributed by atoms with Crippen molar-refractivity contribution < 1.29 is 4.74 Å². The lowest BCUT2D eigenvalue weighted by molar-refractivity contribution is 0.181. The van der Waals surface area contributed by atoms with Crippen molar-refractivity contribution in [2.75, 3.05) is 7.11 Å². The quantitative estimate of drug-likeness (QED) is 0.879. The highest BCUT2D eigenvalue weighted by Gasteiger charge is 2.16. The van der Waals surface area contributed by atoms with Crippen LogP contribution in [0.4, 0.5) is 0 Å². The molecule has 0 unspecified atom stereocenters. The monoisotopic (exact) mass is 324 g/mol. The molecule has 1 heterocycles. The van der Waals surface area contributed by atoms with Crippen molar-refractivity contribution >= 4 is 22.9 Å². The van der Waals surface area contributed by atoms with Gasteiger partial charge in [0.2, 0.25) is 0 Å². The number of nitrogens with one attached hydrogen (secondary N) is 1. The Labute approximate surface area is 135 Å². The lowest BCUT2D eigenvalue weighted by Crippen LogP contribution is -2.35. The number of hydrogen-bond donors (Lipinski definition) is 1. The van der Waals surface area contributed by atoms with Crippen LogP contribution in [0, 0.1) is 0 Å². The minimum Gasteiger partial charge on any atom is -0.378 e. The van der Waals surface area contributed by atoms with E-state index in [1.54, 1.807) is 18.4 Å². The molecule has 1 N–H and O–H groups in total. The fourth-order valence-corrected chi connectivity index (χ4v) is 3.19. The van der Waals surface area contributed by atoms with Crippen LogP contribution in [0.3, 0.4) is 0 Å². The SMILES string of the molecule is COCc1nc(-c2ccccc2Cl)sc1CNC(C)(C)C. The Balaban J connectivity index is 2.30. The topological polar surface area (TPSA) is 34.1 Å². The molecule has 2 rings (SSSR count). The first-order valence-corrected chi connectivity index (χ1v) is 8.07. The molecule has 0 bridgehead atoms. The molecule has 0 atom stereocenters. The second-order valence-electron chi connectivity index (χ2n) is 5.91. The lowest BCUT2D eigenvalue weighted by atomic mass is 10.1. The molecule has 3 nitrogen and oxygen atoms in total. The summed E-state index contributed by atoms with van der Waals surface area (Å²) < 4.78 is 5.26. The number of rotatable bonds is 5. The van der Waals surface area contributed by atoms with Gasteiger partial charge in [-0.2, -0.15) is 0 Å². The van der Waals surface area contributed by atoms with E-state index < -0.39 is 0 Å². The minimum atomic E-state index is 0.0683. The molecule has 0 saturated heterocycles. The van der Waals surface area contributed by atoms with Crippen molar-refractivity contribution in [2.45, 2.75) is 39.5 Å². The van der Waals surface area contributed by atoms with Gasteiger partial charge < -0.3 is 10.1 Å². The predicted molar refractivity (Wildman–Crippen MR) is 89.9 cm³/mol. The molecule has 0 saturated carbocycles. The number of hydrogen-bond acceptors (Lipinski definition) is 4. The molecule has 1 aromatic carbocycles. The number of nitrogens with zero attached hydrogens (tertiary/aromatic N) is 1. The van der Waals surface area contributed by atoms with Gasteiger partial charge in [-0.1, -0.05) is 29.8 Å². The predicted octanol–water partition coefficient (Wildman–Crippen LogP) is 4.50. The van der Waals surface area contributed by atoms with Crippen molar-refractivity contribution in [3.05, 3.63) is 39.9 Å². The minimum absolute atomic E-state index is 0.0683. The zero-order valence-corrected chi connectivity index (χ0v) is 14.4. The molecule has 114 valence electrons. The fraction of sp³-hybridized carbons (Fsp3) is 0.438. The van der Waals surface area contributed by atoms with E-state index in [4.69, 9.17) is 21.3 Å². The van der Waals surface area contributed by atoms with Gasteiger partial charge in [0.15, 0.2) is 0 Å². The zero-order chi connectivity index (χ0) is 15.5. The zero-order valence-electron chi connectivity index (χ0n) is 12.9. The van der Waals surface area contributed by atoms with E-state index in [1.807, 2.05) is 24.3 Å². The summed E-state index contributed by atoms with van der Waals surface area (Å²) in [5.41, 5.74) is 2.02. The summed E-state index contributed by atoms with van der Waals surface area (Å²) in [4.78, 5) is 5.90. The van der Waals surface area contributed by atoms with Gasteiger partial charge >= 0.3 is 0 Å². The number of halogens is 1. The van der Waals surface area contributed by atoms with Crippen LogP contribution in [0.1, 0.15) is 31.3 Å². The summed E-state index contributed by atoms with van der Waals surface area (Å²) in [5.74, 6) is 0. The van der Waals surface area contributed by atoms with Crippen LogP contribution in [0.15, 0.2) is 24.3 Å². The molecule has 2 aromatic rings. The number of benzene rings is 1. The third kappa shape index (κ3) is 4.51. The molecule has 5 heteroatoms. The Hall–Kier alpha value is -0.940. The van der Waals surface area contributed by atoms with E-state index in [2.05, 4.69) is 26.1 Å². The van der Waals surface area contributed by atoms with Gasteiger partial charge in [0, 0.05) is 29.6 Å². The van der Waals surface area contributed by atoms with E-state index in [0.29, 0.717) is 6.61 Å². The summed E-state index contributed by atoms with van der Waals surface area (Å²) in [6.45, 7) is 7.75. The first kappa shape index (κ1) is 16.4. The van der Waals surface area contributed by atoms with Crippen LogP contribution in [0.25, 0.3) is 10.6 Å². The van der Waals surface area contributed by atoms with E-state index in [-0.39, 0.29) is 5.54 Å². The van der Waals surface area contributed by atoms with Crippen molar-refractivity contribution in [3.8, 4) is 10.6 Å². The number of aromatic nitrogens is 1. The average molecular weight is 325 g/mol. The molecule has 0 amide bonds. The molecular formula is C16H21ClN2OS. The smallest absolute Gasteiger partial charge is 0.125 e. The third-order valence-corrected chi connectivity index (χ3v) is 4.40. The summed E-state index contributed by atoms with van der Waals surface area (Å²) in [7, 11) is 1.69. The standard InChI is InChI=1S/C16H21ClN2OS/c1-16(2,3)18-9-14-13(10-20-4)19-15(21-14)11-7-5-6-8-12(11)17/h5-8,18H,9-10H2,1-4H3. The first-order chi connectivity index (χ1) is 9.90. The van der Waals surface area contributed by atoms with Crippen LogP contribution >= 0.6 is 22.9 Å². The second kappa shape index (κ2) is 6.88. The highest BCUT2D eigenvalue weighted by atomic mass is 35.5. The third-order valence-electron chi connectivity index (χ3n) is 2.94. The van der Waals surface area contributed by atoms with Gasteiger partial charge in [-0.05, 0) is 26.8 Å². The van der Waals surface area contributed by atoms with Crippen LogP contribution < -0.4 is 5.32 Å². The Morgan fingerprint density at radius 1 is 1.29 bits per heavy atom. The molecule has 0 fully saturated rings. The summed E-state index contributed by atoms with van der Waals surface area (Å²) in [5, 5.41) is 5.17. The second-order valence-corrected chi connectivity index (χ2v) is 7.40. The van der Waals surface area contributed by atoms with E-state index in [1.165, 1.54) is 4.88 Å². The number of ether oxygens (including phenoxy) is 1. The molecule has 0 spiro atoms. The normalized spacial score (nSPS) is 11.9. The Morgan fingerprint density at radius 2 is 2.00 bits per heavy atom. The maximum absolute atomic E-state index is 6.27. The van der Waals surface area contributed by atoms with Crippen molar-refractivity contribution in [1.82, 2.24) is 10.3 Å². The summed E-state index contributed by atoms with van der Waals surface area (Å²) in [6.07, 6.45) is 0. The van der Waals surface area contributed by atoms with E-state index >= 15 is 0 Å². The van der Waals surface area contributed by atoms with E-state index in [0.717, 1.165) is 27.8 Å². The molecule has 0 aliphatic carbocycles. The number of thiazole rings is 1. The maximum atomic E-state index is 6.27. The highest BCUT2D eigenvalue weighted by molar-refractivity contribution is 7.15. The first-order valence-electron chi connectivity index (χ1n) is 6.88. The van der Waals surface area contributed by atoms with Crippen LogP contribution in [0.5, 0.6) is 0 Å². The van der Waals surface area contributed by atoms with Gasteiger partial charge in [-0.25, -0.2) is 4.98 Å². The Kier molecular flexibility index (Phi) is 5.38. The van der Waals surface area contributed by atoms with Crippen LogP contribution in [0.2, 0.25) is 5.02 Å². The van der Waals surface area contributed by atoms with Crippen LogP contribution in [-0.2, 0) is 17.9 Å². The lowest BCUT2D eigenvalue weighted by Gasteiger charge is -2.20. The summed E-state index contributed by atoms with van der Waals surface area (Å²) >= 11 is 7.94. The molecular weight excluding hydrogens is 304 g/mol. The molecule has 0 aliphatic heterocycles. The fourth-order valence-electron chi connectivity index (χ4n) is 1.87. The van der Waals surface area contributed by atoms with Gasteiger partial charge in [0.25, 0.3) is 0 Å². The van der Waals surface area contributed by atoms with E-state index in [9.17, 15) is 0 Å². The largest absolute Gasteiger partial charge is 0.378 e. The maximum Gasteiger partial charge on any atom is 0.125 e. The number of methoxy groups -OCH3 is 1.